The van der Waals surface area contributed by atoms with Crippen LogP contribution in [0.25, 0.3) is 5.57 Å². The van der Waals surface area contributed by atoms with Gasteiger partial charge in [-0.15, -0.1) is 0 Å². The van der Waals surface area contributed by atoms with Gasteiger partial charge in [0.15, 0.2) is 0 Å². The monoisotopic (exact) mass is 355 g/mol. The van der Waals surface area contributed by atoms with Crippen LogP contribution in [-0.4, -0.2) is 5.97 Å². The summed E-state index contributed by atoms with van der Waals surface area (Å²) in [5.74, 6) is 0.990. The summed E-state index contributed by atoms with van der Waals surface area (Å²) in [5.41, 5.74) is 1.80. The molecule has 0 aliphatic rings. The van der Waals surface area contributed by atoms with Crippen LogP contribution in [-0.2, 0) is 4.79 Å². The second kappa shape index (κ2) is 8.50. The van der Waals surface area contributed by atoms with E-state index in [4.69, 9.17) is 14.7 Å². The van der Waals surface area contributed by atoms with E-state index >= 15 is 0 Å². The first-order valence-electron chi connectivity index (χ1n) is 8.41. The molecule has 0 N–H and O–H groups in total. The van der Waals surface area contributed by atoms with Crippen LogP contribution in [0.1, 0.15) is 18.1 Å². The van der Waals surface area contributed by atoms with Crippen molar-refractivity contribution >= 4 is 11.5 Å². The largest absolute Gasteiger partial charge is 0.457 e. The molecule has 0 fully saturated rings. The van der Waals surface area contributed by atoms with Crippen molar-refractivity contribution in [3.63, 3.8) is 0 Å². The molecule has 0 atom stereocenters. The van der Waals surface area contributed by atoms with Gasteiger partial charge in [-0.3, -0.25) is 0 Å². The van der Waals surface area contributed by atoms with Crippen LogP contribution >= 0.6 is 0 Å². The maximum Gasteiger partial charge on any atom is 0.343 e. The van der Waals surface area contributed by atoms with Crippen LogP contribution in [0, 0.1) is 11.3 Å². The third-order valence-corrected chi connectivity index (χ3v) is 3.81. The molecule has 0 bridgehead atoms. The van der Waals surface area contributed by atoms with E-state index in [1.807, 2.05) is 30.3 Å². The third kappa shape index (κ3) is 4.62. The number of rotatable bonds is 5. The molecule has 0 heterocycles. The first-order chi connectivity index (χ1) is 13.2. The molecule has 0 spiro atoms. The summed E-state index contributed by atoms with van der Waals surface area (Å²) in [4.78, 5) is 12.5. The van der Waals surface area contributed by atoms with E-state index in [9.17, 15) is 4.79 Å². The lowest BCUT2D eigenvalue weighted by atomic mass is 10.1. The first-order valence-corrected chi connectivity index (χ1v) is 8.41. The highest BCUT2D eigenvalue weighted by atomic mass is 16.5. The van der Waals surface area contributed by atoms with Gasteiger partial charge < -0.3 is 9.47 Å². The van der Waals surface area contributed by atoms with Crippen molar-refractivity contribution in [2.75, 3.05) is 0 Å². The van der Waals surface area contributed by atoms with Crippen LogP contribution < -0.4 is 9.47 Å². The molecule has 27 heavy (non-hydrogen) atoms. The number of carbonyl (C=O) groups excluding carboxylic acids is 1. The number of esters is 1. The Labute approximate surface area is 157 Å². The van der Waals surface area contributed by atoms with Crippen LogP contribution in [0.15, 0.2) is 84.9 Å². The molecule has 0 aliphatic heterocycles. The Kier molecular flexibility index (Phi) is 5.66. The Morgan fingerprint density at radius 3 is 2.26 bits per heavy atom. The van der Waals surface area contributed by atoms with Gasteiger partial charge in [0.2, 0.25) is 0 Å². The minimum absolute atomic E-state index is 0.379. The van der Waals surface area contributed by atoms with E-state index in [0.717, 1.165) is 5.56 Å². The number of hydrogen-bond acceptors (Lipinski definition) is 4. The maximum absolute atomic E-state index is 12.5. The SMILES string of the molecule is CC=C(C(=O)Oc1cccc(Oc2cccc(C#N)c2)c1)c1ccccc1. The van der Waals surface area contributed by atoms with Crippen molar-refractivity contribution in [1.82, 2.24) is 0 Å². The van der Waals surface area contributed by atoms with Gasteiger partial charge in [-0.1, -0.05) is 48.5 Å². The highest BCUT2D eigenvalue weighted by Crippen LogP contribution is 2.27. The number of allylic oxidation sites excluding steroid dienone is 1. The van der Waals surface area contributed by atoms with Crippen LogP contribution in [0.3, 0.4) is 0 Å². The van der Waals surface area contributed by atoms with Crippen molar-refractivity contribution < 1.29 is 14.3 Å². The lowest BCUT2D eigenvalue weighted by Crippen LogP contribution is -2.10. The number of nitriles is 1. The predicted molar refractivity (Wildman–Crippen MR) is 103 cm³/mol. The average molecular weight is 355 g/mol. The number of benzene rings is 3. The molecule has 132 valence electrons. The Balaban J connectivity index is 1.75. The molecular weight excluding hydrogens is 338 g/mol. The van der Waals surface area contributed by atoms with Gasteiger partial charge in [0.05, 0.1) is 17.2 Å². The number of nitrogens with zero attached hydrogens (tertiary/aromatic N) is 1. The minimum atomic E-state index is -0.438. The molecule has 0 aliphatic carbocycles. The first kappa shape index (κ1) is 18.0. The molecule has 0 amide bonds. The van der Waals surface area contributed by atoms with Gasteiger partial charge in [0.25, 0.3) is 0 Å². The second-order valence-electron chi connectivity index (χ2n) is 5.67. The van der Waals surface area contributed by atoms with Crippen molar-refractivity contribution in [2.45, 2.75) is 6.92 Å². The Morgan fingerprint density at radius 1 is 0.889 bits per heavy atom. The molecule has 0 unspecified atom stereocenters. The molecule has 3 aromatic carbocycles. The Bertz CT molecular complexity index is 1020. The number of ether oxygens (including phenoxy) is 2. The zero-order chi connectivity index (χ0) is 19.1. The standard InChI is InChI=1S/C23H17NO3/c1-2-22(18-9-4-3-5-10-18)23(25)27-21-13-7-12-20(15-21)26-19-11-6-8-17(14-19)16-24/h2-15H,1H3. The summed E-state index contributed by atoms with van der Waals surface area (Å²) in [7, 11) is 0. The summed E-state index contributed by atoms with van der Waals surface area (Å²) in [6.07, 6.45) is 1.73. The quantitative estimate of drug-likeness (QED) is 0.351. The third-order valence-electron chi connectivity index (χ3n) is 3.81. The fourth-order valence-corrected chi connectivity index (χ4v) is 2.55. The second-order valence-corrected chi connectivity index (χ2v) is 5.67. The summed E-state index contributed by atoms with van der Waals surface area (Å²) >= 11 is 0. The molecule has 0 radical (unpaired) electrons. The van der Waals surface area contributed by atoms with Gasteiger partial charge in [0, 0.05) is 6.07 Å². The Morgan fingerprint density at radius 2 is 1.56 bits per heavy atom. The summed E-state index contributed by atoms with van der Waals surface area (Å²) in [5, 5.41) is 8.97. The zero-order valence-electron chi connectivity index (χ0n) is 14.8. The highest BCUT2D eigenvalue weighted by molar-refractivity contribution is 6.17. The van der Waals surface area contributed by atoms with E-state index < -0.39 is 5.97 Å². The lowest BCUT2D eigenvalue weighted by molar-refractivity contribution is -0.127. The molecular formula is C23H17NO3. The zero-order valence-corrected chi connectivity index (χ0v) is 14.8. The van der Waals surface area contributed by atoms with Gasteiger partial charge in [-0.2, -0.15) is 5.26 Å². The van der Waals surface area contributed by atoms with Crippen LogP contribution in [0.4, 0.5) is 0 Å². The molecule has 0 aromatic heterocycles. The topological polar surface area (TPSA) is 59.3 Å². The molecule has 3 rings (SSSR count). The fourth-order valence-electron chi connectivity index (χ4n) is 2.55. The minimum Gasteiger partial charge on any atom is -0.457 e. The average Bonchev–Trinajstić information content (AvgIpc) is 2.70. The normalized spacial score (nSPS) is 10.7. The highest BCUT2D eigenvalue weighted by Gasteiger charge is 2.14. The molecule has 4 nitrogen and oxygen atoms in total. The van der Waals surface area contributed by atoms with E-state index in [1.165, 1.54) is 0 Å². The molecule has 4 heteroatoms. The smallest absolute Gasteiger partial charge is 0.343 e. The predicted octanol–water partition coefficient (Wildman–Crippen LogP) is 5.36. The van der Waals surface area contributed by atoms with Gasteiger partial charge >= 0.3 is 5.97 Å². The Hall–Kier alpha value is -3.84. The van der Waals surface area contributed by atoms with Crippen LogP contribution in [0.2, 0.25) is 0 Å². The van der Waals surface area contributed by atoms with Crippen molar-refractivity contribution in [1.29, 1.82) is 5.26 Å². The van der Waals surface area contributed by atoms with E-state index in [0.29, 0.717) is 28.4 Å². The van der Waals surface area contributed by atoms with E-state index in [2.05, 4.69) is 6.07 Å². The fraction of sp³-hybridized carbons (Fsp3) is 0.0435. The summed E-state index contributed by atoms with van der Waals surface area (Å²) in [6.45, 7) is 1.80. The number of hydrogen-bond donors (Lipinski definition) is 0. The molecule has 0 saturated heterocycles. The van der Waals surface area contributed by atoms with Crippen molar-refractivity contribution in [3.8, 4) is 23.3 Å². The van der Waals surface area contributed by atoms with Gasteiger partial charge in [-0.25, -0.2) is 4.79 Å². The summed E-state index contributed by atoms with van der Waals surface area (Å²) < 4.78 is 11.3. The molecule has 0 saturated carbocycles. The van der Waals surface area contributed by atoms with Crippen LogP contribution in [0.5, 0.6) is 17.2 Å². The maximum atomic E-state index is 12.5. The van der Waals surface area contributed by atoms with E-state index in [1.54, 1.807) is 61.5 Å². The molecule has 3 aromatic rings. The van der Waals surface area contributed by atoms with Gasteiger partial charge in [-0.05, 0) is 42.8 Å². The van der Waals surface area contributed by atoms with E-state index in [-0.39, 0.29) is 0 Å². The van der Waals surface area contributed by atoms with Crippen molar-refractivity contribution in [3.05, 3.63) is 96.1 Å². The number of carbonyl (C=O) groups is 1. The van der Waals surface area contributed by atoms with Gasteiger partial charge in [0.1, 0.15) is 17.2 Å². The lowest BCUT2D eigenvalue weighted by Gasteiger charge is -2.10. The summed E-state index contributed by atoms with van der Waals surface area (Å²) in [6, 6.07) is 25.1. The van der Waals surface area contributed by atoms with Crippen molar-refractivity contribution in [2.24, 2.45) is 0 Å².